The Bertz CT molecular complexity index is 421. The predicted molar refractivity (Wildman–Crippen MR) is 80.9 cm³/mol. The number of benzene rings is 1. The van der Waals surface area contributed by atoms with Gasteiger partial charge in [0.2, 0.25) is 5.91 Å². The van der Waals surface area contributed by atoms with E-state index in [0.717, 1.165) is 24.2 Å². The lowest BCUT2D eigenvalue weighted by molar-refractivity contribution is -0.119. The van der Waals surface area contributed by atoms with Crippen LogP contribution >= 0.6 is 11.6 Å². The highest BCUT2D eigenvalue weighted by Gasteiger charge is 2.03. The van der Waals surface area contributed by atoms with E-state index in [-0.39, 0.29) is 12.5 Å². The third kappa shape index (κ3) is 6.45. The second-order valence-electron chi connectivity index (χ2n) is 4.82. The molecule has 1 aromatic carbocycles. The molecule has 4 nitrogen and oxygen atoms in total. The molecule has 0 atom stereocenters. The molecule has 2 N–H and O–H groups in total. The maximum absolute atomic E-state index is 11.6. The van der Waals surface area contributed by atoms with Crippen LogP contribution in [0.2, 0.25) is 5.02 Å². The number of nitrogens with one attached hydrogen (secondary N) is 2. The maximum atomic E-state index is 11.6. The van der Waals surface area contributed by atoms with Gasteiger partial charge >= 0.3 is 0 Å². The lowest BCUT2D eigenvalue weighted by atomic mass is 10.2. The van der Waals surface area contributed by atoms with Crippen LogP contribution in [0.5, 0.6) is 0 Å². The van der Waals surface area contributed by atoms with E-state index in [2.05, 4.69) is 15.5 Å². The zero-order valence-electron chi connectivity index (χ0n) is 11.8. The van der Waals surface area contributed by atoms with E-state index in [4.69, 9.17) is 11.6 Å². The van der Waals surface area contributed by atoms with Crippen molar-refractivity contribution in [2.24, 2.45) is 0 Å². The largest absolute Gasteiger partial charge is 0.376 e. The first-order valence-corrected chi connectivity index (χ1v) is 6.78. The normalized spacial score (nSPS) is 10.6. The Morgan fingerprint density at radius 1 is 1.37 bits per heavy atom. The van der Waals surface area contributed by atoms with E-state index in [1.165, 1.54) is 0 Å². The summed E-state index contributed by atoms with van der Waals surface area (Å²) in [5.74, 6) is -0.00173. The van der Waals surface area contributed by atoms with E-state index in [9.17, 15) is 4.79 Å². The Balaban J connectivity index is 2.28. The van der Waals surface area contributed by atoms with Gasteiger partial charge in [-0.1, -0.05) is 17.7 Å². The van der Waals surface area contributed by atoms with Gasteiger partial charge in [0.1, 0.15) is 0 Å². The number of amides is 1. The standard InChI is InChI=1S/C14H22ClN3O/c1-11-5-6-12(15)9-13(11)17-10-14(19)16-7-4-8-18(2)3/h5-6,9,17H,4,7-8,10H2,1-3H3,(H,16,19). The van der Waals surface area contributed by atoms with Crippen LogP contribution in [0.3, 0.4) is 0 Å². The van der Waals surface area contributed by atoms with Crippen LogP contribution < -0.4 is 10.6 Å². The summed E-state index contributed by atoms with van der Waals surface area (Å²) in [6.45, 7) is 3.92. The van der Waals surface area contributed by atoms with Crippen LogP contribution in [-0.2, 0) is 4.79 Å². The lowest BCUT2D eigenvalue weighted by Gasteiger charge is -2.12. The van der Waals surface area contributed by atoms with Gasteiger partial charge in [-0.25, -0.2) is 0 Å². The van der Waals surface area contributed by atoms with E-state index in [0.29, 0.717) is 11.6 Å². The molecule has 0 unspecified atom stereocenters. The summed E-state index contributed by atoms with van der Waals surface area (Å²) in [5.41, 5.74) is 1.97. The third-order valence-electron chi connectivity index (χ3n) is 2.74. The van der Waals surface area contributed by atoms with Crippen molar-refractivity contribution in [3.05, 3.63) is 28.8 Å². The van der Waals surface area contributed by atoms with Crippen molar-refractivity contribution in [1.29, 1.82) is 0 Å². The first-order valence-electron chi connectivity index (χ1n) is 6.40. The van der Waals surface area contributed by atoms with Crippen molar-refractivity contribution in [2.75, 3.05) is 39.0 Å². The topological polar surface area (TPSA) is 44.4 Å². The highest BCUT2D eigenvalue weighted by molar-refractivity contribution is 6.30. The third-order valence-corrected chi connectivity index (χ3v) is 2.98. The zero-order chi connectivity index (χ0) is 14.3. The van der Waals surface area contributed by atoms with Gasteiger partial charge in [0.25, 0.3) is 0 Å². The van der Waals surface area contributed by atoms with Gasteiger partial charge in [-0.2, -0.15) is 0 Å². The molecular formula is C14H22ClN3O. The monoisotopic (exact) mass is 283 g/mol. The Morgan fingerprint density at radius 2 is 2.11 bits per heavy atom. The summed E-state index contributed by atoms with van der Waals surface area (Å²) in [4.78, 5) is 13.7. The molecule has 1 amide bonds. The second kappa shape index (κ2) is 8.02. The van der Waals surface area contributed by atoms with E-state index < -0.39 is 0 Å². The number of nitrogens with zero attached hydrogens (tertiary/aromatic N) is 1. The van der Waals surface area contributed by atoms with Gasteiger partial charge in [0.05, 0.1) is 6.54 Å². The van der Waals surface area contributed by atoms with Crippen LogP contribution in [0.15, 0.2) is 18.2 Å². The highest BCUT2D eigenvalue weighted by Crippen LogP contribution is 2.19. The van der Waals surface area contributed by atoms with Crippen LogP contribution in [0.25, 0.3) is 0 Å². The molecule has 0 saturated heterocycles. The molecule has 0 aliphatic rings. The van der Waals surface area contributed by atoms with E-state index >= 15 is 0 Å². The Kier molecular flexibility index (Phi) is 6.67. The average Bonchev–Trinajstić information content (AvgIpc) is 2.35. The minimum absolute atomic E-state index is 0.00173. The molecule has 0 fully saturated rings. The molecule has 0 spiro atoms. The van der Waals surface area contributed by atoms with Gasteiger partial charge in [-0.3, -0.25) is 4.79 Å². The van der Waals surface area contributed by atoms with Crippen molar-refractivity contribution in [3.63, 3.8) is 0 Å². The molecule has 106 valence electrons. The summed E-state index contributed by atoms with van der Waals surface area (Å²) in [6.07, 6.45) is 0.953. The first kappa shape index (κ1) is 15.8. The number of anilines is 1. The van der Waals surface area contributed by atoms with Gasteiger partial charge in [0.15, 0.2) is 0 Å². The fourth-order valence-corrected chi connectivity index (χ4v) is 1.82. The number of carbonyl (C=O) groups is 1. The van der Waals surface area contributed by atoms with Gasteiger partial charge in [-0.05, 0) is 51.7 Å². The minimum Gasteiger partial charge on any atom is -0.376 e. The first-order chi connectivity index (χ1) is 8.99. The maximum Gasteiger partial charge on any atom is 0.239 e. The summed E-state index contributed by atoms with van der Waals surface area (Å²) in [5, 5.41) is 6.64. The molecule has 0 radical (unpaired) electrons. The fourth-order valence-electron chi connectivity index (χ4n) is 1.65. The van der Waals surface area contributed by atoms with Crippen LogP contribution in [0.4, 0.5) is 5.69 Å². The zero-order valence-corrected chi connectivity index (χ0v) is 12.5. The fraction of sp³-hybridized carbons (Fsp3) is 0.500. The molecule has 5 heteroatoms. The molecule has 0 aliphatic carbocycles. The van der Waals surface area contributed by atoms with Crippen LogP contribution in [-0.4, -0.2) is 44.5 Å². The molecule has 0 aromatic heterocycles. The Morgan fingerprint density at radius 3 is 2.79 bits per heavy atom. The van der Waals surface area contributed by atoms with Crippen LogP contribution in [0.1, 0.15) is 12.0 Å². The number of aryl methyl sites for hydroxylation is 1. The molecule has 0 bridgehead atoms. The van der Waals surface area contributed by atoms with Crippen molar-refractivity contribution in [3.8, 4) is 0 Å². The molecule has 19 heavy (non-hydrogen) atoms. The quantitative estimate of drug-likeness (QED) is 0.754. The summed E-state index contributed by atoms with van der Waals surface area (Å²) in [7, 11) is 4.04. The number of halogens is 1. The van der Waals surface area contributed by atoms with E-state index in [1.807, 2.05) is 39.2 Å². The van der Waals surface area contributed by atoms with Gasteiger partial charge in [0, 0.05) is 17.3 Å². The predicted octanol–water partition coefficient (Wildman–Crippen LogP) is 2.13. The van der Waals surface area contributed by atoms with Crippen LogP contribution in [0, 0.1) is 6.92 Å². The van der Waals surface area contributed by atoms with Gasteiger partial charge in [-0.15, -0.1) is 0 Å². The molecule has 1 aromatic rings. The molecule has 0 saturated carbocycles. The smallest absolute Gasteiger partial charge is 0.239 e. The Labute approximate surface area is 120 Å². The molecule has 1 rings (SSSR count). The minimum atomic E-state index is -0.00173. The second-order valence-corrected chi connectivity index (χ2v) is 5.26. The number of hydrogen-bond donors (Lipinski definition) is 2. The Hall–Kier alpha value is -1.26. The van der Waals surface area contributed by atoms with E-state index in [1.54, 1.807) is 0 Å². The summed E-state index contributed by atoms with van der Waals surface area (Å²) < 4.78 is 0. The molecule has 0 aliphatic heterocycles. The molecular weight excluding hydrogens is 262 g/mol. The molecule has 0 heterocycles. The summed E-state index contributed by atoms with van der Waals surface area (Å²) >= 11 is 5.92. The number of rotatable bonds is 7. The average molecular weight is 284 g/mol. The lowest BCUT2D eigenvalue weighted by Crippen LogP contribution is -2.32. The van der Waals surface area contributed by atoms with Crippen molar-refractivity contribution < 1.29 is 4.79 Å². The van der Waals surface area contributed by atoms with Crippen molar-refractivity contribution in [2.45, 2.75) is 13.3 Å². The summed E-state index contributed by atoms with van der Waals surface area (Å²) in [6, 6.07) is 5.60. The van der Waals surface area contributed by atoms with Crippen molar-refractivity contribution >= 4 is 23.2 Å². The number of carbonyl (C=O) groups excluding carboxylic acids is 1. The highest BCUT2D eigenvalue weighted by atomic mass is 35.5. The SMILES string of the molecule is Cc1ccc(Cl)cc1NCC(=O)NCCCN(C)C. The number of hydrogen-bond acceptors (Lipinski definition) is 3. The van der Waals surface area contributed by atoms with Crippen molar-refractivity contribution in [1.82, 2.24) is 10.2 Å². The van der Waals surface area contributed by atoms with Gasteiger partial charge < -0.3 is 15.5 Å².